The Morgan fingerprint density at radius 2 is 1.90 bits per heavy atom. The Morgan fingerprint density at radius 1 is 1.19 bits per heavy atom. The molecule has 1 heterocycles. The zero-order valence-corrected chi connectivity index (χ0v) is 12.9. The van der Waals surface area contributed by atoms with Gasteiger partial charge in [0, 0.05) is 17.8 Å². The molecule has 0 unspecified atom stereocenters. The normalized spacial score (nSPS) is 11.2. The molecular weight excluding hydrogens is 262 g/mol. The predicted octanol–water partition coefficient (Wildman–Crippen LogP) is 3.76. The molecule has 110 valence electrons. The third-order valence-corrected chi connectivity index (χ3v) is 3.30. The van der Waals surface area contributed by atoms with E-state index >= 15 is 0 Å². The highest BCUT2D eigenvalue weighted by Gasteiger charge is 2.15. The summed E-state index contributed by atoms with van der Waals surface area (Å²) in [5.41, 5.74) is 8.44. The monoisotopic (exact) mass is 283 g/mol. The number of nitrogens with one attached hydrogen (secondary N) is 1. The van der Waals surface area contributed by atoms with E-state index in [-0.39, 0.29) is 11.3 Å². The SMILES string of the molecule is Cc1cc(C(C)(C)C)ccc1Oc1ccc(C(=N)N)cn1. The highest BCUT2D eigenvalue weighted by molar-refractivity contribution is 5.94. The van der Waals surface area contributed by atoms with Gasteiger partial charge in [-0.15, -0.1) is 0 Å². The lowest BCUT2D eigenvalue weighted by molar-refractivity contribution is 0.458. The van der Waals surface area contributed by atoms with Crippen molar-refractivity contribution in [2.75, 3.05) is 0 Å². The van der Waals surface area contributed by atoms with Gasteiger partial charge in [0.2, 0.25) is 5.88 Å². The zero-order valence-electron chi connectivity index (χ0n) is 12.9. The lowest BCUT2D eigenvalue weighted by Gasteiger charge is -2.20. The quantitative estimate of drug-likeness (QED) is 0.665. The number of hydrogen-bond donors (Lipinski definition) is 2. The van der Waals surface area contributed by atoms with Crippen LogP contribution in [0, 0.1) is 12.3 Å². The second-order valence-corrected chi connectivity index (χ2v) is 6.13. The summed E-state index contributed by atoms with van der Waals surface area (Å²) in [4.78, 5) is 4.16. The first-order valence-corrected chi connectivity index (χ1v) is 6.87. The Morgan fingerprint density at radius 3 is 2.38 bits per heavy atom. The fourth-order valence-corrected chi connectivity index (χ4v) is 1.94. The highest BCUT2D eigenvalue weighted by Crippen LogP contribution is 2.29. The summed E-state index contributed by atoms with van der Waals surface area (Å²) in [6.07, 6.45) is 1.54. The van der Waals surface area contributed by atoms with Crippen LogP contribution >= 0.6 is 0 Å². The number of nitrogens with zero attached hydrogens (tertiary/aromatic N) is 1. The van der Waals surface area contributed by atoms with Crippen molar-refractivity contribution in [2.45, 2.75) is 33.1 Å². The molecule has 2 aromatic rings. The van der Waals surface area contributed by atoms with Gasteiger partial charge in [-0.1, -0.05) is 32.9 Å². The fourth-order valence-electron chi connectivity index (χ4n) is 1.94. The molecule has 4 nitrogen and oxygen atoms in total. The van der Waals surface area contributed by atoms with Crippen molar-refractivity contribution in [2.24, 2.45) is 5.73 Å². The molecule has 0 radical (unpaired) electrons. The first-order chi connectivity index (χ1) is 9.77. The predicted molar refractivity (Wildman–Crippen MR) is 85.2 cm³/mol. The Hall–Kier alpha value is -2.36. The second kappa shape index (κ2) is 5.56. The molecule has 0 atom stereocenters. The molecule has 0 aliphatic carbocycles. The van der Waals surface area contributed by atoms with Crippen LogP contribution in [0.15, 0.2) is 36.5 Å². The van der Waals surface area contributed by atoms with Gasteiger partial charge in [0.15, 0.2) is 0 Å². The Labute approximate surface area is 125 Å². The number of pyridine rings is 1. The maximum Gasteiger partial charge on any atom is 0.219 e. The van der Waals surface area contributed by atoms with Gasteiger partial charge in [0.25, 0.3) is 0 Å². The molecule has 0 saturated heterocycles. The number of aryl methyl sites for hydroxylation is 1. The van der Waals surface area contributed by atoms with Gasteiger partial charge in [-0.05, 0) is 35.6 Å². The second-order valence-electron chi connectivity index (χ2n) is 6.13. The molecule has 0 aliphatic rings. The Bertz CT molecular complexity index is 655. The topological polar surface area (TPSA) is 72.0 Å². The van der Waals surface area contributed by atoms with Crippen molar-refractivity contribution in [3.05, 3.63) is 53.2 Å². The summed E-state index contributed by atoms with van der Waals surface area (Å²) in [6, 6.07) is 9.62. The maximum atomic E-state index is 7.34. The van der Waals surface area contributed by atoms with Gasteiger partial charge in [-0.2, -0.15) is 0 Å². The minimum atomic E-state index is -0.000222. The van der Waals surface area contributed by atoms with Crippen molar-refractivity contribution in [3.8, 4) is 11.6 Å². The van der Waals surface area contributed by atoms with Gasteiger partial charge in [-0.25, -0.2) is 4.98 Å². The van der Waals surface area contributed by atoms with E-state index in [0.717, 1.165) is 11.3 Å². The van der Waals surface area contributed by atoms with Crippen molar-refractivity contribution in [1.82, 2.24) is 4.98 Å². The average Bonchev–Trinajstić information content (AvgIpc) is 2.40. The van der Waals surface area contributed by atoms with Crippen LogP contribution in [-0.2, 0) is 5.41 Å². The lowest BCUT2D eigenvalue weighted by Crippen LogP contribution is -2.11. The molecule has 3 N–H and O–H groups in total. The third-order valence-electron chi connectivity index (χ3n) is 3.30. The van der Waals surface area contributed by atoms with Gasteiger partial charge in [0.1, 0.15) is 11.6 Å². The van der Waals surface area contributed by atoms with Gasteiger partial charge in [-0.3, -0.25) is 5.41 Å². The number of nitrogens with two attached hydrogens (primary N) is 1. The van der Waals surface area contributed by atoms with Crippen LogP contribution < -0.4 is 10.5 Å². The Kier molecular flexibility index (Phi) is 3.98. The largest absolute Gasteiger partial charge is 0.439 e. The molecular formula is C17H21N3O. The minimum absolute atomic E-state index is 0.000222. The van der Waals surface area contributed by atoms with Crippen molar-refractivity contribution < 1.29 is 4.74 Å². The summed E-state index contributed by atoms with van der Waals surface area (Å²) >= 11 is 0. The Balaban J connectivity index is 2.22. The number of nitrogen functional groups attached to an aromatic ring is 1. The summed E-state index contributed by atoms with van der Waals surface area (Å²) in [7, 11) is 0. The summed E-state index contributed by atoms with van der Waals surface area (Å²) in [6.45, 7) is 8.58. The lowest BCUT2D eigenvalue weighted by atomic mass is 9.86. The van der Waals surface area contributed by atoms with E-state index in [1.165, 1.54) is 11.8 Å². The van der Waals surface area contributed by atoms with E-state index < -0.39 is 0 Å². The van der Waals surface area contributed by atoms with E-state index in [4.69, 9.17) is 15.9 Å². The smallest absolute Gasteiger partial charge is 0.219 e. The summed E-state index contributed by atoms with van der Waals surface area (Å²) in [5, 5.41) is 7.34. The molecule has 0 amide bonds. The van der Waals surface area contributed by atoms with Crippen LogP contribution in [0.5, 0.6) is 11.6 Å². The van der Waals surface area contributed by atoms with E-state index in [1.807, 2.05) is 13.0 Å². The minimum Gasteiger partial charge on any atom is -0.439 e. The van der Waals surface area contributed by atoms with Crippen LogP contribution in [-0.4, -0.2) is 10.8 Å². The van der Waals surface area contributed by atoms with E-state index in [9.17, 15) is 0 Å². The standard InChI is InChI=1S/C17H21N3O/c1-11-9-13(17(2,3)4)6-7-14(11)21-15-8-5-12(10-20-15)16(18)19/h5-10H,1-4H3,(H3,18,19). The number of aromatic nitrogens is 1. The van der Waals surface area contributed by atoms with Crippen LogP contribution in [0.25, 0.3) is 0 Å². The number of ether oxygens (including phenoxy) is 1. The average molecular weight is 283 g/mol. The third kappa shape index (κ3) is 3.60. The first kappa shape index (κ1) is 15.0. The van der Waals surface area contributed by atoms with Crippen LogP contribution in [0.2, 0.25) is 0 Å². The molecule has 0 saturated carbocycles. The van der Waals surface area contributed by atoms with Gasteiger partial charge >= 0.3 is 0 Å². The molecule has 0 fully saturated rings. The van der Waals surface area contributed by atoms with Crippen molar-refractivity contribution in [1.29, 1.82) is 5.41 Å². The van der Waals surface area contributed by atoms with Crippen LogP contribution in [0.4, 0.5) is 0 Å². The number of rotatable bonds is 3. The van der Waals surface area contributed by atoms with Crippen LogP contribution in [0.1, 0.15) is 37.5 Å². The van der Waals surface area contributed by atoms with Crippen molar-refractivity contribution in [3.63, 3.8) is 0 Å². The first-order valence-electron chi connectivity index (χ1n) is 6.87. The van der Waals surface area contributed by atoms with Crippen LogP contribution in [0.3, 0.4) is 0 Å². The zero-order chi connectivity index (χ0) is 15.6. The fraction of sp³-hybridized carbons (Fsp3) is 0.294. The molecule has 4 heteroatoms. The summed E-state index contributed by atoms with van der Waals surface area (Å²) < 4.78 is 5.79. The maximum absolute atomic E-state index is 7.34. The molecule has 1 aromatic carbocycles. The van der Waals surface area contributed by atoms with Gasteiger partial charge < -0.3 is 10.5 Å². The van der Waals surface area contributed by atoms with Crippen molar-refractivity contribution >= 4 is 5.84 Å². The molecule has 0 bridgehead atoms. The molecule has 21 heavy (non-hydrogen) atoms. The summed E-state index contributed by atoms with van der Waals surface area (Å²) in [5.74, 6) is 1.28. The van der Waals surface area contributed by atoms with Gasteiger partial charge in [0.05, 0.1) is 0 Å². The van der Waals surface area contributed by atoms with E-state index in [0.29, 0.717) is 11.4 Å². The molecule has 0 aliphatic heterocycles. The molecule has 0 spiro atoms. The molecule has 2 rings (SSSR count). The van der Waals surface area contributed by atoms with E-state index in [1.54, 1.807) is 12.1 Å². The number of hydrogen-bond acceptors (Lipinski definition) is 3. The van der Waals surface area contributed by atoms with E-state index in [2.05, 4.69) is 37.9 Å². The molecule has 1 aromatic heterocycles. The highest BCUT2D eigenvalue weighted by atomic mass is 16.5. The number of benzene rings is 1. The number of amidine groups is 1.